The Morgan fingerprint density at radius 1 is 1.42 bits per heavy atom. The predicted molar refractivity (Wildman–Crippen MR) is 44.3 cm³/mol. The third kappa shape index (κ3) is 4.87. The SMILES string of the molecule is CCC(C)SCC(O)C(F)(F)F. The van der Waals surface area contributed by atoms with Gasteiger partial charge < -0.3 is 5.11 Å². The van der Waals surface area contributed by atoms with E-state index in [1.54, 1.807) is 0 Å². The molecule has 0 fully saturated rings. The Labute approximate surface area is 74.3 Å². The first kappa shape index (κ1) is 12.1. The Bertz CT molecular complexity index is 126. The molecule has 74 valence electrons. The molecule has 0 aliphatic carbocycles. The molecular formula is C7H13F3OS. The van der Waals surface area contributed by atoms with Crippen molar-refractivity contribution in [2.24, 2.45) is 0 Å². The number of rotatable bonds is 4. The Balaban J connectivity index is 3.64. The van der Waals surface area contributed by atoms with E-state index in [4.69, 9.17) is 5.11 Å². The molecule has 0 aliphatic heterocycles. The van der Waals surface area contributed by atoms with Crippen molar-refractivity contribution in [1.82, 2.24) is 0 Å². The van der Waals surface area contributed by atoms with Gasteiger partial charge in [0, 0.05) is 11.0 Å². The van der Waals surface area contributed by atoms with Crippen molar-refractivity contribution < 1.29 is 18.3 Å². The Morgan fingerprint density at radius 2 is 1.92 bits per heavy atom. The first-order valence-electron chi connectivity index (χ1n) is 3.74. The van der Waals surface area contributed by atoms with Gasteiger partial charge in [-0.25, -0.2) is 0 Å². The molecule has 2 unspecified atom stereocenters. The van der Waals surface area contributed by atoms with Gasteiger partial charge >= 0.3 is 6.18 Å². The molecule has 5 heteroatoms. The highest BCUT2D eigenvalue weighted by molar-refractivity contribution is 7.99. The zero-order valence-corrected chi connectivity index (χ0v) is 7.87. The van der Waals surface area contributed by atoms with Crippen LogP contribution in [0, 0.1) is 0 Å². The van der Waals surface area contributed by atoms with E-state index < -0.39 is 12.3 Å². The minimum atomic E-state index is -4.47. The van der Waals surface area contributed by atoms with Gasteiger partial charge in [-0.1, -0.05) is 13.8 Å². The molecule has 0 heterocycles. The summed E-state index contributed by atoms with van der Waals surface area (Å²) in [5.74, 6) is -0.265. The average molecular weight is 202 g/mol. The molecule has 0 saturated carbocycles. The summed E-state index contributed by atoms with van der Waals surface area (Å²) >= 11 is 1.14. The van der Waals surface area contributed by atoms with Gasteiger partial charge in [0.1, 0.15) is 0 Å². The maximum Gasteiger partial charge on any atom is 0.415 e. The molecular weight excluding hydrogens is 189 g/mol. The molecule has 1 N–H and O–H groups in total. The molecule has 0 aliphatic rings. The summed E-state index contributed by atoms with van der Waals surface area (Å²) in [6, 6.07) is 0. The molecule has 0 bridgehead atoms. The van der Waals surface area contributed by atoms with Gasteiger partial charge in [0.15, 0.2) is 6.10 Å². The Kier molecular flexibility index (Phi) is 5.01. The van der Waals surface area contributed by atoms with Gasteiger partial charge in [-0.05, 0) is 6.42 Å². The van der Waals surface area contributed by atoms with Crippen molar-refractivity contribution >= 4 is 11.8 Å². The van der Waals surface area contributed by atoms with Gasteiger partial charge in [0.25, 0.3) is 0 Å². The van der Waals surface area contributed by atoms with E-state index in [2.05, 4.69) is 0 Å². The standard InChI is InChI=1S/C7H13F3OS/c1-3-5(2)12-4-6(11)7(8,9)10/h5-6,11H,3-4H2,1-2H3. The molecule has 0 aromatic carbocycles. The van der Waals surface area contributed by atoms with Crippen molar-refractivity contribution in [3.05, 3.63) is 0 Å². The van der Waals surface area contributed by atoms with Crippen LogP contribution in [0.15, 0.2) is 0 Å². The van der Waals surface area contributed by atoms with Crippen molar-refractivity contribution in [2.75, 3.05) is 5.75 Å². The average Bonchev–Trinajstić information content (AvgIpc) is 1.97. The largest absolute Gasteiger partial charge is 0.415 e. The third-order valence-electron chi connectivity index (χ3n) is 1.49. The molecule has 12 heavy (non-hydrogen) atoms. The number of halogens is 3. The fraction of sp³-hybridized carbons (Fsp3) is 1.00. The van der Waals surface area contributed by atoms with Crippen LogP contribution in [0.5, 0.6) is 0 Å². The van der Waals surface area contributed by atoms with E-state index in [1.165, 1.54) is 0 Å². The molecule has 0 spiro atoms. The summed E-state index contributed by atoms with van der Waals surface area (Å²) in [6.07, 6.45) is -5.84. The van der Waals surface area contributed by atoms with E-state index in [-0.39, 0.29) is 11.0 Å². The maximum atomic E-state index is 11.7. The summed E-state index contributed by atoms with van der Waals surface area (Å²) in [4.78, 5) is 0. The second kappa shape index (κ2) is 4.97. The van der Waals surface area contributed by atoms with Crippen molar-refractivity contribution in [1.29, 1.82) is 0 Å². The van der Waals surface area contributed by atoms with Crippen LogP contribution in [0.1, 0.15) is 20.3 Å². The number of alkyl halides is 3. The quantitative estimate of drug-likeness (QED) is 0.755. The van der Waals surface area contributed by atoms with Crippen molar-refractivity contribution in [3.8, 4) is 0 Å². The molecule has 0 saturated heterocycles. The topological polar surface area (TPSA) is 20.2 Å². The van der Waals surface area contributed by atoms with Gasteiger partial charge in [-0.2, -0.15) is 24.9 Å². The van der Waals surface area contributed by atoms with E-state index >= 15 is 0 Å². The molecule has 0 aromatic heterocycles. The molecule has 0 aromatic rings. The zero-order valence-electron chi connectivity index (χ0n) is 7.06. The third-order valence-corrected chi connectivity index (χ3v) is 2.90. The van der Waals surface area contributed by atoms with Crippen LogP contribution in [0.25, 0.3) is 0 Å². The molecule has 0 amide bonds. The highest BCUT2D eigenvalue weighted by atomic mass is 32.2. The number of aliphatic hydroxyl groups is 1. The molecule has 1 nitrogen and oxygen atoms in total. The lowest BCUT2D eigenvalue weighted by Gasteiger charge is -2.15. The molecule has 2 atom stereocenters. The monoisotopic (exact) mass is 202 g/mol. The number of hydrogen-bond acceptors (Lipinski definition) is 2. The molecule has 0 radical (unpaired) electrons. The highest BCUT2D eigenvalue weighted by Crippen LogP contribution is 2.25. The number of aliphatic hydroxyl groups excluding tert-OH is 1. The number of thioether (sulfide) groups is 1. The molecule has 0 rings (SSSR count). The van der Waals surface area contributed by atoms with E-state index in [1.807, 2.05) is 13.8 Å². The van der Waals surface area contributed by atoms with Crippen LogP contribution in [-0.4, -0.2) is 28.4 Å². The zero-order chi connectivity index (χ0) is 9.78. The summed E-state index contributed by atoms with van der Waals surface area (Å²) in [6.45, 7) is 3.74. The predicted octanol–water partition coefficient (Wildman–Crippen LogP) is 2.44. The second-order valence-electron chi connectivity index (χ2n) is 2.61. The van der Waals surface area contributed by atoms with E-state index in [0.717, 1.165) is 18.2 Å². The van der Waals surface area contributed by atoms with Crippen LogP contribution < -0.4 is 0 Å². The van der Waals surface area contributed by atoms with Crippen molar-refractivity contribution in [2.45, 2.75) is 37.8 Å². The summed E-state index contributed by atoms with van der Waals surface area (Å²) in [7, 11) is 0. The van der Waals surface area contributed by atoms with Gasteiger partial charge in [-0.15, -0.1) is 0 Å². The minimum absolute atomic E-state index is 0.169. The Hall–Kier alpha value is 0.100. The summed E-state index contributed by atoms with van der Waals surface area (Å²) in [5, 5.41) is 8.75. The normalized spacial score (nSPS) is 17.5. The van der Waals surface area contributed by atoms with Crippen LogP contribution >= 0.6 is 11.8 Å². The lowest BCUT2D eigenvalue weighted by atomic mass is 10.4. The fourth-order valence-corrected chi connectivity index (χ4v) is 1.40. The first-order chi connectivity index (χ1) is 5.38. The minimum Gasteiger partial charge on any atom is -0.383 e. The summed E-state index contributed by atoms with van der Waals surface area (Å²) in [5.41, 5.74) is 0. The van der Waals surface area contributed by atoms with Gasteiger partial charge in [-0.3, -0.25) is 0 Å². The lowest BCUT2D eigenvalue weighted by molar-refractivity contribution is -0.195. The van der Waals surface area contributed by atoms with Crippen LogP contribution in [-0.2, 0) is 0 Å². The van der Waals surface area contributed by atoms with Gasteiger partial charge in [0.2, 0.25) is 0 Å². The number of hydrogen-bond donors (Lipinski definition) is 1. The van der Waals surface area contributed by atoms with Gasteiger partial charge in [0.05, 0.1) is 0 Å². The second-order valence-corrected chi connectivity index (χ2v) is 4.08. The van der Waals surface area contributed by atoms with E-state index in [9.17, 15) is 13.2 Å². The van der Waals surface area contributed by atoms with E-state index in [0.29, 0.717) is 0 Å². The highest BCUT2D eigenvalue weighted by Gasteiger charge is 2.37. The van der Waals surface area contributed by atoms with Crippen molar-refractivity contribution in [3.63, 3.8) is 0 Å². The van der Waals surface area contributed by atoms with Crippen LogP contribution in [0.4, 0.5) is 13.2 Å². The summed E-state index contributed by atoms with van der Waals surface area (Å²) < 4.78 is 35.2. The fourth-order valence-electron chi connectivity index (χ4n) is 0.468. The first-order valence-corrected chi connectivity index (χ1v) is 4.79. The van der Waals surface area contributed by atoms with Crippen LogP contribution in [0.3, 0.4) is 0 Å². The smallest absolute Gasteiger partial charge is 0.383 e. The van der Waals surface area contributed by atoms with Crippen LogP contribution in [0.2, 0.25) is 0 Å². The lowest BCUT2D eigenvalue weighted by Crippen LogP contribution is -2.31. The Morgan fingerprint density at radius 3 is 2.25 bits per heavy atom. The maximum absolute atomic E-state index is 11.7.